The monoisotopic (exact) mass is 490 g/mol. The molecule has 2 bridgehead atoms. The first-order chi connectivity index (χ1) is 17.3. The minimum absolute atomic E-state index is 0.349. The van der Waals surface area contributed by atoms with Crippen LogP contribution in [0.2, 0.25) is 0 Å². The predicted molar refractivity (Wildman–Crippen MR) is 151 cm³/mol. The molecular formula is C33H62O2. The molecule has 0 heterocycles. The van der Waals surface area contributed by atoms with Crippen molar-refractivity contribution >= 4 is 0 Å². The topological polar surface area (TPSA) is 29.1 Å². The summed E-state index contributed by atoms with van der Waals surface area (Å²) in [6.45, 7) is 4.84. The summed E-state index contributed by atoms with van der Waals surface area (Å²) < 4.78 is 6.55. The fourth-order valence-electron chi connectivity index (χ4n) is 6.68. The van der Waals surface area contributed by atoms with E-state index in [0.29, 0.717) is 17.9 Å². The van der Waals surface area contributed by atoms with Gasteiger partial charge >= 0.3 is 0 Å². The van der Waals surface area contributed by atoms with Gasteiger partial charge in [0, 0.05) is 6.61 Å². The maximum atomic E-state index is 12.8. The van der Waals surface area contributed by atoms with E-state index in [-0.39, 0.29) is 6.10 Å². The molecule has 35 heavy (non-hydrogen) atoms. The summed E-state index contributed by atoms with van der Waals surface area (Å²) in [5.74, 6) is 1.39. The Labute approximate surface area is 220 Å². The third-order valence-electron chi connectivity index (χ3n) is 9.00. The van der Waals surface area contributed by atoms with Crippen molar-refractivity contribution in [1.29, 1.82) is 0 Å². The van der Waals surface area contributed by atoms with Crippen molar-refractivity contribution in [3.63, 3.8) is 0 Å². The quantitative estimate of drug-likeness (QED) is 0.198. The molecule has 3 aliphatic rings. The normalized spacial score (nSPS) is 26.9. The first-order valence-corrected chi connectivity index (χ1v) is 16.4. The standard InChI is InChI=1S/C33H62O2/c1-2-3-4-5-6-7-8-9-10-11-12-13-14-21-28-35-33-27-26-32(34)29-30-22-17-15-19-24-31(33)25-20-16-18-23-30/h30-33H,1-29H2. The van der Waals surface area contributed by atoms with Gasteiger partial charge in [0.1, 0.15) is 0 Å². The van der Waals surface area contributed by atoms with Crippen LogP contribution in [0, 0.1) is 18.8 Å². The molecule has 2 nitrogen and oxygen atoms in total. The summed E-state index contributed by atoms with van der Waals surface area (Å²) in [5.41, 5.74) is 0. The maximum Gasteiger partial charge on any atom is 0.0933 e. The highest BCUT2D eigenvalue weighted by atomic mass is 16.5. The molecule has 0 aromatic rings. The lowest BCUT2D eigenvalue weighted by Gasteiger charge is -2.30. The molecule has 2 heteroatoms. The van der Waals surface area contributed by atoms with Gasteiger partial charge in [0.15, 0.2) is 0 Å². The second kappa shape index (κ2) is 22.0. The van der Waals surface area contributed by atoms with Crippen LogP contribution < -0.4 is 0 Å². The van der Waals surface area contributed by atoms with Gasteiger partial charge in [0.25, 0.3) is 0 Å². The average molecular weight is 491 g/mol. The van der Waals surface area contributed by atoms with Gasteiger partial charge in [-0.25, -0.2) is 5.11 Å². The largest absolute Gasteiger partial charge is 0.378 e. The third kappa shape index (κ3) is 16.4. The summed E-state index contributed by atoms with van der Waals surface area (Å²) >= 11 is 0. The molecule has 3 rings (SSSR count). The smallest absolute Gasteiger partial charge is 0.0933 e. The summed E-state index contributed by atoms with van der Waals surface area (Å²) in [4.78, 5) is 0. The number of rotatable bonds is 16. The molecule has 3 saturated carbocycles. The van der Waals surface area contributed by atoms with E-state index in [0.717, 1.165) is 32.3 Å². The Morgan fingerprint density at radius 2 is 1.03 bits per heavy atom. The average Bonchev–Trinajstić information content (AvgIpc) is 2.84. The van der Waals surface area contributed by atoms with Gasteiger partial charge < -0.3 is 4.74 Å². The molecular weight excluding hydrogens is 428 g/mol. The molecule has 3 aliphatic carbocycles. The highest BCUT2D eigenvalue weighted by Gasteiger charge is 2.26. The fourth-order valence-corrected chi connectivity index (χ4v) is 6.68. The first-order valence-electron chi connectivity index (χ1n) is 16.4. The van der Waals surface area contributed by atoms with Gasteiger partial charge in [-0.1, -0.05) is 142 Å². The van der Waals surface area contributed by atoms with Crippen LogP contribution in [0.15, 0.2) is 0 Å². The second-order valence-electron chi connectivity index (χ2n) is 12.2. The van der Waals surface area contributed by atoms with Crippen LogP contribution in [0.25, 0.3) is 0 Å². The van der Waals surface area contributed by atoms with Crippen LogP contribution in [0.5, 0.6) is 0 Å². The first kappa shape index (κ1) is 31.1. The molecule has 0 aromatic carbocycles. The second-order valence-corrected chi connectivity index (χ2v) is 12.2. The molecule has 0 spiro atoms. The maximum absolute atomic E-state index is 12.8. The minimum atomic E-state index is -0.357. The Hall–Kier alpha value is -0.0800. The minimum Gasteiger partial charge on any atom is -0.378 e. The van der Waals surface area contributed by atoms with Crippen LogP contribution in [-0.2, 0) is 9.84 Å². The molecule has 0 amide bonds. The third-order valence-corrected chi connectivity index (χ3v) is 9.00. The van der Waals surface area contributed by atoms with Gasteiger partial charge in [-0.3, -0.25) is 0 Å². The highest BCUT2D eigenvalue weighted by Crippen LogP contribution is 2.32. The molecule has 2 radical (unpaired) electrons. The van der Waals surface area contributed by atoms with E-state index in [2.05, 4.69) is 6.92 Å². The lowest BCUT2D eigenvalue weighted by molar-refractivity contribution is -0.0225. The number of unbranched alkanes of at least 4 members (excludes halogenated alkanes) is 13. The van der Waals surface area contributed by atoms with Crippen LogP contribution in [0.3, 0.4) is 0 Å². The highest BCUT2D eigenvalue weighted by molar-refractivity contribution is 4.77. The van der Waals surface area contributed by atoms with Crippen molar-refractivity contribution in [2.45, 2.75) is 186 Å². The van der Waals surface area contributed by atoms with Crippen molar-refractivity contribution in [3.05, 3.63) is 6.92 Å². The van der Waals surface area contributed by atoms with E-state index in [4.69, 9.17) is 4.74 Å². The Balaban J connectivity index is 1.56. The molecule has 0 aromatic heterocycles. The molecule has 206 valence electrons. The summed E-state index contributed by atoms with van der Waals surface area (Å²) in [6, 6.07) is 0. The van der Waals surface area contributed by atoms with Crippen LogP contribution in [0.1, 0.15) is 173 Å². The lowest BCUT2D eigenvalue weighted by Crippen LogP contribution is -2.28. The van der Waals surface area contributed by atoms with E-state index in [1.165, 1.54) is 148 Å². The zero-order chi connectivity index (χ0) is 24.8. The van der Waals surface area contributed by atoms with Gasteiger partial charge in [0.05, 0.1) is 12.2 Å². The summed E-state index contributed by atoms with van der Waals surface area (Å²) in [5, 5.41) is 12.8. The van der Waals surface area contributed by atoms with Gasteiger partial charge in [-0.05, 0) is 50.4 Å². The van der Waals surface area contributed by atoms with E-state index in [1.54, 1.807) is 0 Å². The molecule has 3 fully saturated rings. The van der Waals surface area contributed by atoms with Crippen molar-refractivity contribution in [2.75, 3.05) is 6.61 Å². The summed E-state index contributed by atoms with van der Waals surface area (Å²) in [7, 11) is 0. The Kier molecular flexibility index (Phi) is 19.5. The molecule has 0 aliphatic heterocycles. The van der Waals surface area contributed by atoms with Crippen molar-refractivity contribution in [1.82, 2.24) is 0 Å². The molecule has 0 saturated heterocycles. The van der Waals surface area contributed by atoms with E-state index in [1.807, 2.05) is 0 Å². The summed E-state index contributed by atoms with van der Waals surface area (Å²) in [6.07, 6.45) is 35.3. The Morgan fingerprint density at radius 1 is 0.543 bits per heavy atom. The van der Waals surface area contributed by atoms with E-state index < -0.39 is 0 Å². The number of fused-ring (bicyclic) bond motifs is 12. The lowest BCUT2D eigenvalue weighted by atomic mass is 9.82. The number of hydrogen-bond acceptors (Lipinski definition) is 1. The van der Waals surface area contributed by atoms with Crippen LogP contribution in [0.4, 0.5) is 0 Å². The van der Waals surface area contributed by atoms with E-state index in [9.17, 15) is 5.11 Å². The zero-order valence-corrected chi connectivity index (χ0v) is 23.6. The van der Waals surface area contributed by atoms with Crippen LogP contribution >= 0.6 is 0 Å². The van der Waals surface area contributed by atoms with Crippen molar-refractivity contribution in [2.24, 2.45) is 11.8 Å². The number of ether oxygens (including phenoxy) is 1. The van der Waals surface area contributed by atoms with Gasteiger partial charge in [0.2, 0.25) is 0 Å². The fraction of sp³-hybridized carbons (Fsp3) is 0.970. The zero-order valence-electron chi connectivity index (χ0n) is 23.6. The van der Waals surface area contributed by atoms with Gasteiger partial charge in [-0.2, -0.15) is 0 Å². The van der Waals surface area contributed by atoms with Crippen molar-refractivity contribution < 1.29 is 9.84 Å². The Morgan fingerprint density at radius 3 is 1.57 bits per heavy atom. The Bertz CT molecular complexity index is 436. The van der Waals surface area contributed by atoms with Crippen molar-refractivity contribution in [3.8, 4) is 0 Å². The van der Waals surface area contributed by atoms with Gasteiger partial charge in [-0.15, -0.1) is 0 Å². The SMILES string of the molecule is [CH2]CCCCCCCCCCCCCCCOC1CCC([O])CC2CCCCCC1CCCCC2. The predicted octanol–water partition coefficient (Wildman–Crippen LogP) is 10.8. The molecule has 2 atom stereocenters. The number of hydrogen-bond donors (Lipinski definition) is 0. The van der Waals surface area contributed by atoms with E-state index >= 15 is 0 Å². The molecule has 0 N–H and O–H groups in total. The molecule has 2 unspecified atom stereocenters. The van der Waals surface area contributed by atoms with Crippen LogP contribution in [-0.4, -0.2) is 18.8 Å².